The van der Waals surface area contributed by atoms with Gasteiger partial charge in [-0.2, -0.15) is 0 Å². The number of aromatic nitrogens is 3. The van der Waals surface area contributed by atoms with E-state index in [2.05, 4.69) is 21.4 Å². The van der Waals surface area contributed by atoms with Crippen LogP contribution < -0.4 is 5.32 Å². The van der Waals surface area contributed by atoms with Crippen LogP contribution in [0.1, 0.15) is 15.9 Å². The van der Waals surface area contributed by atoms with Gasteiger partial charge in [0.15, 0.2) is 5.13 Å². The Hall–Kier alpha value is -3.51. The van der Waals surface area contributed by atoms with Gasteiger partial charge in [0.2, 0.25) is 0 Å². The number of nitrogens with one attached hydrogen (secondary N) is 1. The van der Waals surface area contributed by atoms with Gasteiger partial charge in [0, 0.05) is 11.3 Å². The van der Waals surface area contributed by atoms with Crippen molar-refractivity contribution in [3.05, 3.63) is 84.2 Å². The number of hydrogen-bond donors (Lipinski definition) is 1. The van der Waals surface area contributed by atoms with E-state index < -0.39 is 0 Å². The highest BCUT2D eigenvalue weighted by molar-refractivity contribution is 7.22. The van der Waals surface area contributed by atoms with E-state index in [4.69, 9.17) is 0 Å². The summed E-state index contributed by atoms with van der Waals surface area (Å²) in [4.78, 5) is 21.7. The van der Waals surface area contributed by atoms with Gasteiger partial charge < -0.3 is 0 Å². The number of thiazole rings is 1. The molecule has 1 amide bonds. The molecule has 5 nitrogen and oxygen atoms in total. The molecule has 1 N–H and O–H groups in total. The molecule has 2 heterocycles. The predicted octanol–water partition coefficient (Wildman–Crippen LogP) is 5.20. The number of para-hydroxylation sites is 1. The summed E-state index contributed by atoms with van der Waals surface area (Å²) in [5.74, 6) is -0.188. The van der Waals surface area contributed by atoms with Crippen LogP contribution in [0.5, 0.6) is 0 Å². The molecule has 0 aliphatic heterocycles. The van der Waals surface area contributed by atoms with E-state index >= 15 is 0 Å². The standard InChI is InChI=1S/C22H16N4OS/c1-14-7-9-17-20(11-14)28-22(24-17)25-21(27)15-8-10-19-18(12-15)23-13-26(19)16-5-3-2-4-6-16/h2-13H,1H3,(H,24,25,27). The average Bonchev–Trinajstić information content (AvgIpc) is 3.31. The first kappa shape index (κ1) is 16.6. The number of fused-ring (bicyclic) bond motifs is 2. The predicted molar refractivity (Wildman–Crippen MR) is 113 cm³/mol. The van der Waals surface area contributed by atoms with Gasteiger partial charge in [0.25, 0.3) is 5.91 Å². The van der Waals surface area contributed by atoms with Gasteiger partial charge in [0.1, 0.15) is 6.33 Å². The molecule has 0 spiro atoms. The lowest BCUT2D eigenvalue weighted by Crippen LogP contribution is -2.11. The first-order chi connectivity index (χ1) is 13.7. The molecular formula is C22H16N4OS. The lowest BCUT2D eigenvalue weighted by molar-refractivity contribution is 0.102. The number of carbonyl (C=O) groups is 1. The number of imidazole rings is 1. The molecule has 5 aromatic rings. The third-order valence-electron chi connectivity index (χ3n) is 4.61. The minimum atomic E-state index is -0.188. The van der Waals surface area contributed by atoms with Crippen molar-refractivity contribution in [2.75, 3.05) is 5.32 Å². The van der Waals surface area contributed by atoms with E-state index in [9.17, 15) is 4.79 Å². The van der Waals surface area contributed by atoms with E-state index in [1.54, 1.807) is 6.33 Å². The second-order valence-corrected chi connectivity index (χ2v) is 7.63. The van der Waals surface area contributed by atoms with Gasteiger partial charge in [-0.05, 0) is 55.0 Å². The maximum absolute atomic E-state index is 12.7. The Labute approximate surface area is 165 Å². The summed E-state index contributed by atoms with van der Waals surface area (Å²) in [6, 6.07) is 21.6. The topological polar surface area (TPSA) is 59.8 Å². The monoisotopic (exact) mass is 384 g/mol. The van der Waals surface area contributed by atoms with Crippen LogP contribution in [0.15, 0.2) is 73.1 Å². The van der Waals surface area contributed by atoms with Crippen LogP contribution in [0.3, 0.4) is 0 Å². The highest BCUT2D eigenvalue weighted by atomic mass is 32.1. The Morgan fingerprint density at radius 3 is 2.71 bits per heavy atom. The summed E-state index contributed by atoms with van der Waals surface area (Å²) >= 11 is 1.48. The third-order valence-corrected chi connectivity index (χ3v) is 5.54. The minimum Gasteiger partial charge on any atom is -0.299 e. The molecule has 136 valence electrons. The quantitative estimate of drug-likeness (QED) is 0.465. The molecule has 0 atom stereocenters. The Morgan fingerprint density at radius 1 is 1.00 bits per heavy atom. The maximum atomic E-state index is 12.7. The van der Waals surface area contributed by atoms with Crippen LogP contribution in [0.25, 0.3) is 26.9 Å². The number of carbonyl (C=O) groups excluding carboxylic acids is 1. The highest BCUT2D eigenvalue weighted by Gasteiger charge is 2.12. The lowest BCUT2D eigenvalue weighted by Gasteiger charge is -2.05. The van der Waals surface area contributed by atoms with Gasteiger partial charge in [0.05, 0.1) is 21.3 Å². The normalized spacial score (nSPS) is 11.2. The van der Waals surface area contributed by atoms with Crippen molar-refractivity contribution in [3.8, 4) is 5.69 Å². The number of nitrogens with zero attached hydrogens (tertiary/aromatic N) is 3. The zero-order valence-electron chi connectivity index (χ0n) is 15.1. The SMILES string of the molecule is Cc1ccc2nc(NC(=O)c3ccc4c(c3)ncn4-c3ccccc3)sc2c1. The molecular weight excluding hydrogens is 368 g/mol. The van der Waals surface area contributed by atoms with Gasteiger partial charge in [-0.1, -0.05) is 35.6 Å². The van der Waals surface area contributed by atoms with Gasteiger partial charge in [-0.15, -0.1) is 0 Å². The van der Waals surface area contributed by atoms with Crippen molar-refractivity contribution in [3.63, 3.8) is 0 Å². The molecule has 0 radical (unpaired) electrons. The molecule has 2 aromatic heterocycles. The van der Waals surface area contributed by atoms with Crippen LogP contribution in [-0.2, 0) is 0 Å². The summed E-state index contributed by atoms with van der Waals surface area (Å²) in [6.07, 6.45) is 1.78. The van der Waals surface area contributed by atoms with E-state index in [-0.39, 0.29) is 5.91 Å². The largest absolute Gasteiger partial charge is 0.299 e. The zero-order chi connectivity index (χ0) is 19.1. The molecule has 0 bridgehead atoms. The van der Waals surface area contributed by atoms with Gasteiger partial charge in [-0.25, -0.2) is 9.97 Å². The second-order valence-electron chi connectivity index (χ2n) is 6.60. The first-order valence-electron chi connectivity index (χ1n) is 8.88. The molecule has 0 aliphatic rings. The van der Waals surface area contributed by atoms with Gasteiger partial charge in [-0.3, -0.25) is 14.7 Å². The number of benzene rings is 3. The number of anilines is 1. The summed E-state index contributed by atoms with van der Waals surface area (Å²) in [6.45, 7) is 2.04. The molecule has 6 heteroatoms. The Morgan fingerprint density at radius 2 is 1.86 bits per heavy atom. The Kier molecular flexibility index (Phi) is 3.91. The third kappa shape index (κ3) is 2.93. The summed E-state index contributed by atoms with van der Waals surface area (Å²) < 4.78 is 3.07. The maximum Gasteiger partial charge on any atom is 0.257 e. The van der Waals surface area contributed by atoms with Crippen molar-refractivity contribution in [2.24, 2.45) is 0 Å². The smallest absolute Gasteiger partial charge is 0.257 e. The molecule has 0 saturated carbocycles. The van der Waals surface area contributed by atoms with Crippen molar-refractivity contribution in [1.82, 2.24) is 14.5 Å². The Bertz CT molecular complexity index is 1320. The summed E-state index contributed by atoms with van der Waals surface area (Å²) in [5, 5.41) is 3.50. The van der Waals surface area contributed by atoms with E-state index in [1.165, 1.54) is 16.9 Å². The average molecular weight is 384 g/mol. The van der Waals surface area contributed by atoms with Crippen LogP contribution in [0, 0.1) is 6.92 Å². The first-order valence-corrected chi connectivity index (χ1v) is 9.70. The molecule has 0 unspecified atom stereocenters. The zero-order valence-corrected chi connectivity index (χ0v) is 15.9. The molecule has 3 aromatic carbocycles. The molecule has 28 heavy (non-hydrogen) atoms. The van der Waals surface area contributed by atoms with Crippen LogP contribution in [0.4, 0.5) is 5.13 Å². The van der Waals surface area contributed by atoms with Gasteiger partial charge >= 0.3 is 0 Å². The fraction of sp³-hybridized carbons (Fsp3) is 0.0455. The minimum absolute atomic E-state index is 0.188. The summed E-state index contributed by atoms with van der Waals surface area (Å²) in [7, 11) is 0. The van der Waals surface area contributed by atoms with Crippen LogP contribution in [-0.4, -0.2) is 20.4 Å². The molecule has 0 fully saturated rings. The number of aryl methyl sites for hydroxylation is 1. The Balaban J connectivity index is 1.44. The fourth-order valence-electron chi connectivity index (χ4n) is 3.20. The fourth-order valence-corrected chi connectivity index (χ4v) is 4.16. The van der Waals surface area contributed by atoms with Crippen molar-refractivity contribution in [2.45, 2.75) is 6.92 Å². The second kappa shape index (κ2) is 6.58. The highest BCUT2D eigenvalue weighted by Crippen LogP contribution is 2.27. The summed E-state index contributed by atoms with van der Waals surface area (Å²) in [5.41, 5.74) is 5.39. The number of rotatable bonds is 3. The van der Waals surface area contributed by atoms with Crippen molar-refractivity contribution >= 4 is 43.6 Å². The van der Waals surface area contributed by atoms with Crippen LogP contribution in [0.2, 0.25) is 0 Å². The van der Waals surface area contributed by atoms with Crippen molar-refractivity contribution in [1.29, 1.82) is 0 Å². The number of hydrogen-bond acceptors (Lipinski definition) is 4. The number of amides is 1. The molecule has 5 rings (SSSR count). The van der Waals surface area contributed by atoms with Crippen LogP contribution >= 0.6 is 11.3 Å². The lowest BCUT2D eigenvalue weighted by atomic mass is 10.2. The van der Waals surface area contributed by atoms with E-state index in [0.717, 1.165) is 26.9 Å². The molecule has 0 saturated heterocycles. The van der Waals surface area contributed by atoms with Crippen molar-refractivity contribution < 1.29 is 4.79 Å². The molecule has 0 aliphatic carbocycles. The van der Waals surface area contributed by atoms with E-state index in [1.807, 2.05) is 72.2 Å². The van der Waals surface area contributed by atoms with E-state index in [0.29, 0.717) is 10.7 Å².